The molecule has 0 fully saturated rings. The van der Waals surface area contributed by atoms with Crippen molar-refractivity contribution in [2.45, 2.75) is 25.7 Å². The summed E-state index contributed by atoms with van der Waals surface area (Å²) in [4.78, 5) is 0.265. The quantitative estimate of drug-likeness (QED) is 0.903. The van der Waals surface area contributed by atoms with Gasteiger partial charge < -0.3 is 10.1 Å². The minimum Gasteiger partial charge on any atom is -0.495 e. The van der Waals surface area contributed by atoms with Gasteiger partial charge in [-0.25, -0.2) is 8.42 Å². The summed E-state index contributed by atoms with van der Waals surface area (Å²) in [6, 6.07) is 4.79. The van der Waals surface area contributed by atoms with E-state index < -0.39 is 9.84 Å². The van der Waals surface area contributed by atoms with Gasteiger partial charge in [-0.15, -0.1) is 0 Å². The number of benzene rings is 1. The Morgan fingerprint density at radius 1 is 1.29 bits per heavy atom. The lowest BCUT2D eigenvalue weighted by Crippen LogP contribution is -2.02. The molecule has 98 valence electrons. The van der Waals surface area contributed by atoms with Gasteiger partial charge in [-0.3, -0.25) is 0 Å². The number of rotatable bonds is 4. The largest absolute Gasteiger partial charge is 0.495 e. The second kappa shape index (κ2) is 7.17. The molecule has 0 saturated heterocycles. The van der Waals surface area contributed by atoms with Crippen molar-refractivity contribution in [3.8, 4) is 5.75 Å². The topological polar surface area (TPSA) is 55.4 Å². The van der Waals surface area contributed by atoms with E-state index in [1.165, 1.54) is 19.4 Å². The van der Waals surface area contributed by atoms with E-state index in [0.717, 1.165) is 12.2 Å². The first-order valence-corrected chi connectivity index (χ1v) is 7.50. The van der Waals surface area contributed by atoms with Gasteiger partial charge in [-0.1, -0.05) is 13.8 Å². The lowest BCUT2D eigenvalue weighted by molar-refractivity contribution is 0.415. The molecule has 1 aromatic carbocycles. The van der Waals surface area contributed by atoms with Gasteiger partial charge in [0.15, 0.2) is 9.84 Å². The van der Waals surface area contributed by atoms with Gasteiger partial charge in [0.05, 0.1) is 17.7 Å². The van der Waals surface area contributed by atoms with Crippen LogP contribution >= 0.6 is 0 Å². The fraction of sp³-hybridized carbons (Fsp3) is 0.500. The Balaban J connectivity index is 0.00000121. The second-order valence-electron chi connectivity index (χ2n) is 3.16. The third kappa shape index (κ3) is 4.65. The highest BCUT2D eigenvalue weighted by atomic mass is 32.2. The first kappa shape index (κ1) is 15.8. The summed E-state index contributed by atoms with van der Waals surface area (Å²) in [6.07, 6.45) is 1.18. The first-order valence-electron chi connectivity index (χ1n) is 5.61. The molecule has 0 heterocycles. The molecule has 17 heavy (non-hydrogen) atoms. The molecule has 0 aromatic heterocycles. The van der Waals surface area contributed by atoms with Gasteiger partial charge in [0.2, 0.25) is 0 Å². The Bertz CT molecular complexity index is 441. The average molecular weight is 259 g/mol. The predicted molar refractivity (Wildman–Crippen MR) is 71.6 cm³/mol. The maximum absolute atomic E-state index is 11.3. The monoisotopic (exact) mass is 259 g/mol. The van der Waals surface area contributed by atoms with Gasteiger partial charge >= 0.3 is 0 Å². The van der Waals surface area contributed by atoms with Crippen LogP contribution in [0.25, 0.3) is 0 Å². The fourth-order valence-corrected chi connectivity index (χ4v) is 1.88. The molecule has 0 spiro atoms. The van der Waals surface area contributed by atoms with Crippen LogP contribution in [-0.2, 0) is 9.84 Å². The van der Waals surface area contributed by atoms with Crippen LogP contribution in [0.1, 0.15) is 20.8 Å². The van der Waals surface area contributed by atoms with Crippen LogP contribution in [0.2, 0.25) is 0 Å². The minimum absolute atomic E-state index is 0.265. The number of methoxy groups -OCH3 is 1. The number of sulfone groups is 1. The van der Waals surface area contributed by atoms with Crippen molar-refractivity contribution in [1.82, 2.24) is 0 Å². The molecule has 0 atom stereocenters. The Labute approximate surface area is 104 Å². The first-order chi connectivity index (χ1) is 7.99. The summed E-state index contributed by atoms with van der Waals surface area (Å²) in [5, 5.41) is 3.09. The highest BCUT2D eigenvalue weighted by Gasteiger charge is 2.10. The van der Waals surface area contributed by atoms with E-state index in [2.05, 4.69) is 5.32 Å². The third-order valence-electron chi connectivity index (χ3n) is 1.97. The van der Waals surface area contributed by atoms with Crippen molar-refractivity contribution < 1.29 is 13.2 Å². The van der Waals surface area contributed by atoms with E-state index >= 15 is 0 Å². The third-order valence-corrected chi connectivity index (χ3v) is 3.08. The molecule has 0 amide bonds. The molecule has 1 N–H and O–H groups in total. The predicted octanol–water partition coefficient (Wildman–Crippen LogP) is 2.56. The standard InChI is InChI=1S/C10H15NO3S.C2H6/c1-4-11-9-6-5-8(15(3,12)13)7-10(9)14-2;1-2/h5-7,11H,4H2,1-3H3;1-2H3. The van der Waals surface area contributed by atoms with E-state index in [-0.39, 0.29) is 4.90 Å². The maximum atomic E-state index is 11.3. The van der Waals surface area contributed by atoms with Crippen LogP contribution in [0.4, 0.5) is 5.69 Å². The Hall–Kier alpha value is -1.23. The molecule has 0 saturated carbocycles. The van der Waals surface area contributed by atoms with Crippen molar-refractivity contribution in [2.24, 2.45) is 0 Å². The van der Waals surface area contributed by atoms with Gasteiger partial charge in [0.1, 0.15) is 5.75 Å². The van der Waals surface area contributed by atoms with E-state index in [1.807, 2.05) is 20.8 Å². The zero-order valence-corrected chi connectivity index (χ0v) is 11.9. The maximum Gasteiger partial charge on any atom is 0.175 e. The molecule has 0 bridgehead atoms. The molecule has 0 unspecified atom stereocenters. The van der Waals surface area contributed by atoms with E-state index in [0.29, 0.717) is 5.75 Å². The summed E-state index contributed by atoms with van der Waals surface area (Å²) in [5.74, 6) is 0.541. The number of hydrogen-bond donors (Lipinski definition) is 1. The molecule has 5 heteroatoms. The molecule has 1 rings (SSSR count). The van der Waals surface area contributed by atoms with Crippen LogP contribution in [0.15, 0.2) is 23.1 Å². The molecule has 0 radical (unpaired) electrons. The molecule has 0 aliphatic heterocycles. The summed E-state index contributed by atoms with van der Waals surface area (Å²) in [5.41, 5.74) is 0.799. The lowest BCUT2D eigenvalue weighted by Gasteiger charge is -2.10. The summed E-state index contributed by atoms with van der Waals surface area (Å²) in [6.45, 7) is 6.72. The Morgan fingerprint density at radius 3 is 2.29 bits per heavy atom. The molecule has 4 nitrogen and oxygen atoms in total. The van der Waals surface area contributed by atoms with Gasteiger partial charge in [0.25, 0.3) is 0 Å². The number of hydrogen-bond acceptors (Lipinski definition) is 4. The highest BCUT2D eigenvalue weighted by Crippen LogP contribution is 2.27. The van der Waals surface area contributed by atoms with Crippen molar-refractivity contribution in [3.63, 3.8) is 0 Å². The fourth-order valence-electron chi connectivity index (χ4n) is 1.24. The Kier molecular flexibility index (Phi) is 6.65. The van der Waals surface area contributed by atoms with Crippen LogP contribution in [0, 0.1) is 0 Å². The van der Waals surface area contributed by atoms with E-state index in [4.69, 9.17) is 4.74 Å². The lowest BCUT2D eigenvalue weighted by atomic mass is 10.3. The molecular formula is C12H21NO3S. The van der Waals surface area contributed by atoms with Gasteiger partial charge in [-0.05, 0) is 19.1 Å². The van der Waals surface area contributed by atoms with Crippen LogP contribution in [0.3, 0.4) is 0 Å². The van der Waals surface area contributed by atoms with Gasteiger partial charge in [0, 0.05) is 18.9 Å². The van der Waals surface area contributed by atoms with Crippen molar-refractivity contribution in [1.29, 1.82) is 0 Å². The zero-order chi connectivity index (χ0) is 13.5. The van der Waals surface area contributed by atoms with Crippen LogP contribution in [0.5, 0.6) is 5.75 Å². The highest BCUT2D eigenvalue weighted by molar-refractivity contribution is 7.90. The number of anilines is 1. The zero-order valence-electron chi connectivity index (χ0n) is 11.1. The SMILES string of the molecule is CC.CCNc1ccc(S(C)(=O)=O)cc1OC. The molecular weight excluding hydrogens is 238 g/mol. The van der Waals surface area contributed by atoms with Crippen molar-refractivity contribution in [2.75, 3.05) is 25.2 Å². The summed E-state index contributed by atoms with van der Waals surface area (Å²) in [7, 11) is -1.66. The summed E-state index contributed by atoms with van der Waals surface area (Å²) >= 11 is 0. The van der Waals surface area contributed by atoms with E-state index in [9.17, 15) is 8.42 Å². The average Bonchev–Trinajstić information content (AvgIpc) is 2.31. The van der Waals surface area contributed by atoms with Crippen molar-refractivity contribution in [3.05, 3.63) is 18.2 Å². The molecule has 0 aliphatic rings. The normalized spacial score (nSPS) is 10.2. The van der Waals surface area contributed by atoms with Crippen molar-refractivity contribution >= 4 is 15.5 Å². The van der Waals surface area contributed by atoms with Crippen LogP contribution < -0.4 is 10.1 Å². The molecule has 0 aliphatic carbocycles. The summed E-state index contributed by atoms with van der Waals surface area (Å²) < 4.78 is 27.7. The Morgan fingerprint density at radius 2 is 1.88 bits per heavy atom. The van der Waals surface area contributed by atoms with E-state index in [1.54, 1.807) is 12.1 Å². The second-order valence-corrected chi connectivity index (χ2v) is 5.18. The minimum atomic E-state index is -3.17. The molecule has 1 aromatic rings. The smallest absolute Gasteiger partial charge is 0.175 e. The number of ether oxygens (including phenoxy) is 1. The number of nitrogens with one attached hydrogen (secondary N) is 1. The van der Waals surface area contributed by atoms with Gasteiger partial charge in [-0.2, -0.15) is 0 Å². The van der Waals surface area contributed by atoms with Crippen LogP contribution in [-0.4, -0.2) is 28.3 Å².